The van der Waals surface area contributed by atoms with Crippen molar-refractivity contribution in [1.82, 2.24) is 0 Å². The topological polar surface area (TPSA) is 24.5 Å². The molecule has 3 rings (SSSR count). The molecule has 0 aliphatic heterocycles. The largest absolute Gasteiger partial charge is 0.497 e. The van der Waals surface area contributed by atoms with Crippen LogP contribution in [0.1, 0.15) is 0 Å². The fraction of sp³-hybridized carbons (Fsp3) is 0.0526. The molecular weight excluding hydrogens is 272 g/mol. The van der Waals surface area contributed by atoms with E-state index in [-0.39, 0.29) is 0 Å². The normalized spacial score (nSPS) is 10.0. The van der Waals surface area contributed by atoms with E-state index in [0.29, 0.717) is 0 Å². The summed E-state index contributed by atoms with van der Waals surface area (Å²) in [6, 6.07) is 28.3. The smallest absolute Gasteiger partial charge is 0.119 e. The second-order valence-corrected chi connectivity index (χ2v) is 4.85. The summed E-state index contributed by atoms with van der Waals surface area (Å²) in [7, 11) is 1.67. The van der Waals surface area contributed by atoms with Crippen molar-refractivity contribution >= 4 is 17.1 Å². The Kier molecular flexibility index (Phi) is 4.25. The van der Waals surface area contributed by atoms with Crippen LogP contribution in [0, 0.1) is 0 Å². The summed E-state index contributed by atoms with van der Waals surface area (Å²) in [5.74, 6) is 0.844. The Morgan fingerprint density at radius 3 is 1.82 bits per heavy atom. The first-order chi connectivity index (χ1) is 10.9. The highest BCUT2D eigenvalue weighted by Gasteiger charge is 2.09. The monoisotopic (exact) mass is 290 g/mol. The zero-order valence-electron chi connectivity index (χ0n) is 12.4. The molecule has 0 heterocycles. The highest BCUT2D eigenvalue weighted by atomic mass is 16.5. The maximum absolute atomic E-state index is 5.23. The summed E-state index contributed by atoms with van der Waals surface area (Å²) in [6.07, 6.45) is 0. The van der Waals surface area contributed by atoms with Crippen molar-refractivity contribution in [1.29, 1.82) is 0 Å². The summed E-state index contributed by atoms with van der Waals surface area (Å²) < 4.78 is 5.23. The molecule has 22 heavy (non-hydrogen) atoms. The number of benzene rings is 3. The van der Waals surface area contributed by atoms with E-state index in [1.165, 1.54) is 0 Å². The molecule has 0 spiro atoms. The Labute approximate surface area is 130 Å². The number of para-hydroxylation sites is 2. The Morgan fingerprint density at radius 1 is 0.682 bits per heavy atom. The molecule has 0 unspecified atom stereocenters. The van der Waals surface area contributed by atoms with Gasteiger partial charge in [0.2, 0.25) is 0 Å². The minimum atomic E-state index is 0.844. The number of nitrogens with one attached hydrogen (secondary N) is 1. The van der Waals surface area contributed by atoms with Crippen LogP contribution in [0.5, 0.6) is 5.75 Å². The first kappa shape index (κ1) is 14.0. The van der Waals surface area contributed by atoms with Gasteiger partial charge in [-0.1, -0.05) is 36.4 Å². The van der Waals surface area contributed by atoms with Gasteiger partial charge in [-0.25, -0.2) is 0 Å². The predicted molar refractivity (Wildman–Crippen MR) is 91.6 cm³/mol. The van der Waals surface area contributed by atoms with Crippen LogP contribution in [-0.4, -0.2) is 7.11 Å². The van der Waals surface area contributed by atoms with Gasteiger partial charge in [-0.2, -0.15) is 0 Å². The molecule has 0 saturated heterocycles. The van der Waals surface area contributed by atoms with Crippen LogP contribution < -0.4 is 15.2 Å². The highest BCUT2D eigenvalue weighted by molar-refractivity contribution is 5.68. The number of methoxy groups -OCH3 is 1. The third kappa shape index (κ3) is 3.20. The number of nitrogens with zero attached hydrogens (tertiary/aromatic N) is 1. The SMILES string of the molecule is COc1ccc(N(Nc2ccccc2)c2ccccc2)cc1. The minimum absolute atomic E-state index is 0.844. The van der Waals surface area contributed by atoms with Gasteiger partial charge in [-0.05, 0) is 48.5 Å². The molecule has 0 radical (unpaired) electrons. The van der Waals surface area contributed by atoms with Crippen LogP contribution >= 0.6 is 0 Å². The minimum Gasteiger partial charge on any atom is -0.497 e. The average molecular weight is 290 g/mol. The van der Waals surface area contributed by atoms with Gasteiger partial charge in [-0.15, -0.1) is 0 Å². The van der Waals surface area contributed by atoms with Gasteiger partial charge < -0.3 is 4.74 Å². The average Bonchev–Trinajstić information content (AvgIpc) is 2.61. The van der Waals surface area contributed by atoms with E-state index in [9.17, 15) is 0 Å². The van der Waals surface area contributed by atoms with E-state index in [0.717, 1.165) is 22.8 Å². The van der Waals surface area contributed by atoms with E-state index >= 15 is 0 Å². The van der Waals surface area contributed by atoms with Gasteiger partial charge >= 0.3 is 0 Å². The maximum atomic E-state index is 5.23. The van der Waals surface area contributed by atoms with Crippen molar-refractivity contribution in [3.63, 3.8) is 0 Å². The molecule has 0 bridgehead atoms. The number of hydrazine groups is 1. The number of anilines is 3. The summed E-state index contributed by atoms with van der Waals surface area (Å²) in [5, 5.41) is 2.05. The molecule has 1 N–H and O–H groups in total. The molecule has 0 saturated carbocycles. The zero-order valence-corrected chi connectivity index (χ0v) is 12.4. The van der Waals surface area contributed by atoms with E-state index in [4.69, 9.17) is 4.74 Å². The van der Waals surface area contributed by atoms with Gasteiger partial charge in [0.1, 0.15) is 5.75 Å². The molecule has 3 aromatic carbocycles. The van der Waals surface area contributed by atoms with Crippen molar-refractivity contribution < 1.29 is 4.74 Å². The van der Waals surface area contributed by atoms with Gasteiger partial charge in [0, 0.05) is 0 Å². The second-order valence-electron chi connectivity index (χ2n) is 4.85. The Morgan fingerprint density at radius 2 is 1.23 bits per heavy atom. The lowest BCUT2D eigenvalue weighted by Crippen LogP contribution is -2.24. The lowest BCUT2D eigenvalue weighted by Gasteiger charge is -2.26. The van der Waals surface area contributed by atoms with E-state index in [2.05, 4.69) is 22.6 Å². The van der Waals surface area contributed by atoms with Crippen molar-refractivity contribution in [2.75, 3.05) is 17.5 Å². The van der Waals surface area contributed by atoms with Gasteiger partial charge in [0.05, 0.1) is 24.2 Å². The molecule has 0 amide bonds. The first-order valence-corrected chi connectivity index (χ1v) is 7.18. The van der Waals surface area contributed by atoms with Crippen LogP contribution in [-0.2, 0) is 0 Å². The number of hydrogen-bond donors (Lipinski definition) is 1. The van der Waals surface area contributed by atoms with E-state index in [1.54, 1.807) is 7.11 Å². The number of hydrogen-bond acceptors (Lipinski definition) is 3. The van der Waals surface area contributed by atoms with Crippen LogP contribution in [0.4, 0.5) is 17.1 Å². The van der Waals surface area contributed by atoms with Crippen molar-refractivity contribution in [2.24, 2.45) is 0 Å². The number of ether oxygens (including phenoxy) is 1. The quantitative estimate of drug-likeness (QED) is 0.679. The third-order valence-electron chi connectivity index (χ3n) is 3.36. The van der Waals surface area contributed by atoms with Crippen molar-refractivity contribution in [3.05, 3.63) is 84.9 Å². The molecule has 3 heteroatoms. The Balaban J connectivity index is 1.95. The Bertz CT molecular complexity index is 697. The third-order valence-corrected chi connectivity index (χ3v) is 3.36. The molecule has 3 aromatic rings. The summed E-state index contributed by atoms with van der Waals surface area (Å²) in [6.45, 7) is 0. The molecule has 0 aliphatic carbocycles. The molecule has 0 fully saturated rings. The molecule has 3 nitrogen and oxygen atoms in total. The fourth-order valence-electron chi connectivity index (χ4n) is 2.23. The Hall–Kier alpha value is -2.94. The van der Waals surface area contributed by atoms with E-state index in [1.807, 2.05) is 72.8 Å². The summed E-state index contributed by atoms with van der Waals surface area (Å²) >= 11 is 0. The molecular formula is C19H18N2O. The van der Waals surface area contributed by atoms with Crippen molar-refractivity contribution in [3.8, 4) is 5.75 Å². The van der Waals surface area contributed by atoms with Crippen LogP contribution in [0.15, 0.2) is 84.9 Å². The molecule has 0 aliphatic rings. The molecule has 0 aromatic heterocycles. The maximum Gasteiger partial charge on any atom is 0.119 e. The molecule has 110 valence electrons. The van der Waals surface area contributed by atoms with Crippen LogP contribution in [0.2, 0.25) is 0 Å². The standard InChI is InChI=1S/C19H18N2O/c1-22-19-14-12-18(13-15-19)21(17-10-6-3-7-11-17)20-16-8-4-2-5-9-16/h2-15,20H,1H3. The second kappa shape index (κ2) is 6.68. The predicted octanol–water partition coefficient (Wildman–Crippen LogP) is 4.86. The first-order valence-electron chi connectivity index (χ1n) is 7.18. The lowest BCUT2D eigenvalue weighted by atomic mass is 10.2. The van der Waals surface area contributed by atoms with Crippen LogP contribution in [0.3, 0.4) is 0 Å². The van der Waals surface area contributed by atoms with Crippen molar-refractivity contribution in [2.45, 2.75) is 0 Å². The van der Waals surface area contributed by atoms with Gasteiger partial charge in [-0.3, -0.25) is 10.4 Å². The number of rotatable bonds is 5. The van der Waals surface area contributed by atoms with Crippen LogP contribution in [0.25, 0.3) is 0 Å². The highest BCUT2D eigenvalue weighted by Crippen LogP contribution is 2.27. The van der Waals surface area contributed by atoms with E-state index < -0.39 is 0 Å². The van der Waals surface area contributed by atoms with Gasteiger partial charge in [0.25, 0.3) is 0 Å². The summed E-state index contributed by atoms with van der Waals surface area (Å²) in [4.78, 5) is 0. The zero-order chi connectivity index (χ0) is 15.2. The van der Waals surface area contributed by atoms with Gasteiger partial charge in [0.15, 0.2) is 0 Å². The molecule has 0 atom stereocenters. The fourth-order valence-corrected chi connectivity index (χ4v) is 2.23. The lowest BCUT2D eigenvalue weighted by molar-refractivity contribution is 0.415. The summed E-state index contributed by atoms with van der Waals surface area (Å²) in [5.41, 5.74) is 6.58.